The summed E-state index contributed by atoms with van der Waals surface area (Å²) >= 11 is 0. The first-order valence-corrected chi connectivity index (χ1v) is 7.45. The summed E-state index contributed by atoms with van der Waals surface area (Å²) in [5, 5.41) is 10.7. The van der Waals surface area contributed by atoms with Crippen molar-refractivity contribution in [3.8, 4) is 0 Å². The van der Waals surface area contributed by atoms with Crippen LogP contribution in [-0.2, 0) is 6.61 Å². The number of hydrogen-bond acceptors (Lipinski definition) is 3. The van der Waals surface area contributed by atoms with Gasteiger partial charge in [-0.3, -0.25) is 0 Å². The number of nitrogens with zero attached hydrogens (tertiary/aromatic N) is 2. The standard InChI is InChI=1S/C17H22N2O/c1-12-7-8-13(2)19(10-12)17-9-14(11-20)15-5-3-4-6-16(15)18-17/h3-6,9,12-13,20H,7-8,10-11H2,1-2H3. The van der Waals surface area contributed by atoms with Gasteiger partial charge in [-0.2, -0.15) is 0 Å². The summed E-state index contributed by atoms with van der Waals surface area (Å²) in [6.45, 7) is 5.68. The van der Waals surface area contributed by atoms with Gasteiger partial charge in [0.25, 0.3) is 0 Å². The highest BCUT2D eigenvalue weighted by Gasteiger charge is 2.24. The molecule has 0 aliphatic carbocycles. The van der Waals surface area contributed by atoms with E-state index in [2.05, 4.69) is 24.8 Å². The maximum absolute atomic E-state index is 9.63. The Morgan fingerprint density at radius 2 is 2.05 bits per heavy atom. The van der Waals surface area contributed by atoms with Gasteiger partial charge in [0.1, 0.15) is 5.82 Å². The molecule has 2 unspecified atom stereocenters. The van der Waals surface area contributed by atoms with E-state index in [9.17, 15) is 5.11 Å². The van der Waals surface area contributed by atoms with Crippen molar-refractivity contribution in [2.45, 2.75) is 39.3 Å². The Bertz CT molecular complexity index is 611. The van der Waals surface area contributed by atoms with Crippen molar-refractivity contribution < 1.29 is 5.11 Å². The average Bonchev–Trinajstić information content (AvgIpc) is 2.48. The molecular formula is C17H22N2O. The van der Waals surface area contributed by atoms with E-state index in [0.717, 1.165) is 28.8 Å². The van der Waals surface area contributed by atoms with Crippen molar-refractivity contribution in [1.29, 1.82) is 0 Å². The predicted molar refractivity (Wildman–Crippen MR) is 82.9 cm³/mol. The Morgan fingerprint density at radius 1 is 1.25 bits per heavy atom. The van der Waals surface area contributed by atoms with Crippen molar-refractivity contribution in [3.05, 3.63) is 35.9 Å². The van der Waals surface area contributed by atoms with E-state index in [0.29, 0.717) is 12.0 Å². The van der Waals surface area contributed by atoms with E-state index < -0.39 is 0 Å². The van der Waals surface area contributed by atoms with E-state index in [-0.39, 0.29) is 6.61 Å². The molecule has 1 aromatic carbocycles. The minimum Gasteiger partial charge on any atom is -0.392 e. The Morgan fingerprint density at radius 3 is 2.85 bits per heavy atom. The van der Waals surface area contributed by atoms with Crippen LogP contribution < -0.4 is 4.90 Å². The highest BCUT2D eigenvalue weighted by atomic mass is 16.3. The number of aromatic nitrogens is 1. The molecule has 0 amide bonds. The molecule has 3 heteroatoms. The molecule has 1 fully saturated rings. The number of para-hydroxylation sites is 1. The van der Waals surface area contributed by atoms with E-state index in [1.807, 2.05) is 24.3 Å². The SMILES string of the molecule is CC1CCC(C)N(c2cc(CO)c3ccccc3n2)C1. The molecule has 1 aliphatic heterocycles. The van der Waals surface area contributed by atoms with Gasteiger partial charge in [0.15, 0.2) is 0 Å². The lowest BCUT2D eigenvalue weighted by atomic mass is 9.95. The van der Waals surface area contributed by atoms with Gasteiger partial charge in [-0.25, -0.2) is 4.98 Å². The predicted octanol–water partition coefficient (Wildman–Crippen LogP) is 3.35. The summed E-state index contributed by atoms with van der Waals surface area (Å²) in [4.78, 5) is 7.20. The van der Waals surface area contributed by atoms with Crippen LogP contribution in [0.2, 0.25) is 0 Å². The molecule has 20 heavy (non-hydrogen) atoms. The van der Waals surface area contributed by atoms with Crippen LogP contribution in [0.4, 0.5) is 5.82 Å². The second-order valence-corrected chi connectivity index (χ2v) is 6.00. The first-order chi connectivity index (χ1) is 9.69. The number of piperidine rings is 1. The van der Waals surface area contributed by atoms with Gasteiger partial charge in [-0.1, -0.05) is 25.1 Å². The number of fused-ring (bicyclic) bond motifs is 1. The van der Waals surface area contributed by atoms with Crippen LogP contribution in [-0.4, -0.2) is 22.7 Å². The van der Waals surface area contributed by atoms with Gasteiger partial charge in [0, 0.05) is 18.0 Å². The second kappa shape index (κ2) is 5.41. The molecular weight excluding hydrogens is 248 g/mol. The maximum Gasteiger partial charge on any atom is 0.129 e. The molecule has 0 saturated carbocycles. The molecule has 1 saturated heterocycles. The third-order valence-electron chi connectivity index (χ3n) is 4.37. The smallest absolute Gasteiger partial charge is 0.129 e. The molecule has 0 radical (unpaired) electrons. The molecule has 1 aromatic heterocycles. The lowest BCUT2D eigenvalue weighted by Crippen LogP contribution is -2.41. The Hall–Kier alpha value is -1.61. The van der Waals surface area contributed by atoms with Gasteiger partial charge < -0.3 is 10.0 Å². The molecule has 2 aromatic rings. The van der Waals surface area contributed by atoms with Crippen molar-refractivity contribution >= 4 is 16.7 Å². The minimum absolute atomic E-state index is 0.0633. The van der Waals surface area contributed by atoms with Crippen LogP contribution in [0, 0.1) is 5.92 Å². The van der Waals surface area contributed by atoms with Crippen molar-refractivity contribution in [3.63, 3.8) is 0 Å². The minimum atomic E-state index is 0.0633. The highest BCUT2D eigenvalue weighted by Crippen LogP contribution is 2.29. The van der Waals surface area contributed by atoms with Crippen LogP contribution in [0.1, 0.15) is 32.3 Å². The number of anilines is 1. The Balaban J connectivity index is 2.07. The van der Waals surface area contributed by atoms with Gasteiger partial charge in [-0.15, -0.1) is 0 Å². The first kappa shape index (κ1) is 13.4. The van der Waals surface area contributed by atoms with Crippen LogP contribution in [0.3, 0.4) is 0 Å². The summed E-state index contributed by atoms with van der Waals surface area (Å²) in [5.74, 6) is 1.71. The third kappa shape index (κ3) is 2.38. The number of hydrogen-bond donors (Lipinski definition) is 1. The lowest BCUT2D eigenvalue weighted by molar-refractivity contribution is 0.283. The number of rotatable bonds is 2. The van der Waals surface area contributed by atoms with Gasteiger partial charge in [0.2, 0.25) is 0 Å². The molecule has 106 valence electrons. The number of pyridine rings is 1. The normalized spacial score (nSPS) is 23.2. The zero-order valence-corrected chi connectivity index (χ0v) is 12.2. The quantitative estimate of drug-likeness (QED) is 0.909. The molecule has 2 atom stereocenters. The Kier molecular flexibility index (Phi) is 3.62. The topological polar surface area (TPSA) is 36.4 Å². The fourth-order valence-electron chi connectivity index (χ4n) is 3.12. The fourth-order valence-corrected chi connectivity index (χ4v) is 3.12. The summed E-state index contributed by atoms with van der Waals surface area (Å²) in [6, 6.07) is 10.6. The lowest BCUT2D eigenvalue weighted by Gasteiger charge is -2.38. The van der Waals surface area contributed by atoms with E-state index >= 15 is 0 Å². The van der Waals surface area contributed by atoms with E-state index in [1.54, 1.807) is 0 Å². The van der Waals surface area contributed by atoms with Crippen LogP contribution in [0.25, 0.3) is 10.9 Å². The number of aliphatic hydroxyl groups is 1. The van der Waals surface area contributed by atoms with E-state index in [1.165, 1.54) is 12.8 Å². The van der Waals surface area contributed by atoms with Gasteiger partial charge >= 0.3 is 0 Å². The molecule has 3 nitrogen and oxygen atoms in total. The summed E-state index contributed by atoms with van der Waals surface area (Å²) in [5.41, 5.74) is 1.94. The molecule has 3 rings (SSSR count). The van der Waals surface area contributed by atoms with E-state index in [4.69, 9.17) is 4.98 Å². The zero-order chi connectivity index (χ0) is 14.1. The molecule has 1 aliphatic rings. The zero-order valence-electron chi connectivity index (χ0n) is 12.2. The first-order valence-electron chi connectivity index (χ1n) is 7.45. The van der Waals surface area contributed by atoms with Crippen molar-refractivity contribution in [2.75, 3.05) is 11.4 Å². The molecule has 2 heterocycles. The largest absolute Gasteiger partial charge is 0.392 e. The van der Waals surface area contributed by atoms with Crippen LogP contribution in [0.15, 0.2) is 30.3 Å². The number of benzene rings is 1. The van der Waals surface area contributed by atoms with Crippen molar-refractivity contribution in [2.24, 2.45) is 5.92 Å². The molecule has 1 N–H and O–H groups in total. The summed E-state index contributed by atoms with van der Waals surface area (Å²) in [7, 11) is 0. The second-order valence-electron chi connectivity index (χ2n) is 6.00. The van der Waals surface area contributed by atoms with Crippen LogP contribution >= 0.6 is 0 Å². The van der Waals surface area contributed by atoms with Crippen LogP contribution in [0.5, 0.6) is 0 Å². The summed E-state index contributed by atoms with van der Waals surface area (Å²) < 4.78 is 0. The summed E-state index contributed by atoms with van der Waals surface area (Å²) in [6.07, 6.45) is 2.50. The number of aliphatic hydroxyl groups excluding tert-OH is 1. The average molecular weight is 270 g/mol. The van der Waals surface area contributed by atoms with Gasteiger partial charge in [0.05, 0.1) is 12.1 Å². The highest BCUT2D eigenvalue weighted by molar-refractivity contribution is 5.84. The van der Waals surface area contributed by atoms with Crippen molar-refractivity contribution in [1.82, 2.24) is 4.98 Å². The monoisotopic (exact) mass is 270 g/mol. The Labute approximate surface area is 120 Å². The third-order valence-corrected chi connectivity index (χ3v) is 4.37. The fraction of sp³-hybridized carbons (Fsp3) is 0.471. The maximum atomic E-state index is 9.63. The molecule has 0 spiro atoms. The van der Waals surface area contributed by atoms with Gasteiger partial charge in [-0.05, 0) is 43.4 Å². The molecule has 0 bridgehead atoms.